The van der Waals surface area contributed by atoms with Crippen LogP contribution in [0.2, 0.25) is 0 Å². The van der Waals surface area contributed by atoms with E-state index in [1.54, 1.807) is 0 Å². The van der Waals surface area contributed by atoms with E-state index >= 15 is 0 Å². The van der Waals surface area contributed by atoms with E-state index in [0.717, 1.165) is 12.1 Å². The summed E-state index contributed by atoms with van der Waals surface area (Å²) < 4.78 is 40.2. The zero-order chi connectivity index (χ0) is 19.2. The minimum Gasteiger partial charge on any atom is -0.406 e. The van der Waals surface area contributed by atoms with E-state index in [1.165, 1.54) is 43.5 Å². The topological polar surface area (TPSA) is 62.9 Å². The highest BCUT2D eigenvalue weighted by Crippen LogP contribution is 2.23. The van der Waals surface area contributed by atoms with E-state index in [-0.39, 0.29) is 29.7 Å². The molecular weight excluding hydrogens is 472 g/mol. The van der Waals surface area contributed by atoms with E-state index in [1.807, 2.05) is 0 Å². The molecule has 3 N–H and O–H groups in total. The van der Waals surface area contributed by atoms with Crippen molar-refractivity contribution in [2.45, 2.75) is 58.1 Å². The third-order valence-corrected chi connectivity index (χ3v) is 4.59. The number of hydrogen-bond donors (Lipinski definition) is 2. The second-order valence-electron chi connectivity index (χ2n) is 6.71. The number of nitrogens with one attached hydrogen (secondary N) is 1. The van der Waals surface area contributed by atoms with E-state index in [2.05, 4.69) is 33.8 Å². The number of likely N-dealkylation sites (tertiary alicyclic amines) is 1. The molecule has 0 bridgehead atoms. The molecule has 1 aromatic carbocycles. The van der Waals surface area contributed by atoms with E-state index in [4.69, 9.17) is 5.73 Å². The average Bonchev–Trinajstić information content (AvgIpc) is 2.58. The van der Waals surface area contributed by atoms with Crippen molar-refractivity contribution in [3.63, 3.8) is 0 Å². The Morgan fingerprint density at radius 1 is 1.33 bits per heavy atom. The number of nitrogens with two attached hydrogens (primary N) is 1. The SMILES string of the molecule is CC1CCCCN1C(C)CNC(N)=NCc1ccc(OC(F)(F)F)cc1.I. The standard InChI is InChI=1S/C18H27F3N4O.HI/c1-13-5-3-4-10-25(13)14(2)11-23-17(22)24-12-15-6-8-16(9-7-15)26-18(19,20)21;/h6-9,13-14H,3-5,10-12H2,1-2H3,(H3,22,23,24);1H. The van der Waals surface area contributed by atoms with Gasteiger partial charge in [0.2, 0.25) is 0 Å². The lowest BCUT2D eigenvalue weighted by molar-refractivity contribution is -0.274. The molecule has 0 radical (unpaired) electrons. The van der Waals surface area contributed by atoms with Gasteiger partial charge in [0, 0.05) is 18.6 Å². The van der Waals surface area contributed by atoms with Crippen molar-refractivity contribution in [3.05, 3.63) is 29.8 Å². The highest BCUT2D eigenvalue weighted by Gasteiger charge is 2.30. The quantitative estimate of drug-likeness (QED) is 0.354. The smallest absolute Gasteiger partial charge is 0.406 e. The number of ether oxygens (including phenoxy) is 1. The first kappa shape index (κ1) is 23.8. The third kappa shape index (κ3) is 8.54. The Labute approximate surface area is 175 Å². The molecule has 0 spiro atoms. The minimum absolute atomic E-state index is 0. The summed E-state index contributed by atoms with van der Waals surface area (Å²) in [4.78, 5) is 6.71. The zero-order valence-electron chi connectivity index (χ0n) is 15.6. The molecule has 0 aromatic heterocycles. The van der Waals surface area contributed by atoms with Crippen molar-refractivity contribution in [2.75, 3.05) is 13.1 Å². The Kier molecular flexibility index (Phi) is 9.65. The van der Waals surface area contributed by atoms with Crippen LogP contribution in [0.4, 0.5) is 13.2 Å². The van der Waals surface area contributed by atoms with Gasteiger partial charge in [-0.3, -0.25) is 4.90 Å². The molecule has 2 unspecified atom stereocenters. The maximum Gasteiger partial charge on any atom is 0.573 e. The summed E-state index contributed by atoms with van der Waals surface area (Å²) in [6.07, 6.45) is -0.945. The first-order valence-corrected chi connectivity index (χ1v) is 8.89. The average molecular weight is 500 g/mol. The number of hydrogen-bond acceptors (Lipinski definition) is 3. The number of rotatable bonds is 6. The van der Waals surface area contributed by atoms with Crippen LogP contribution in [0, 0.1) is 0 Å². The van der Waals surface area contributed by atoms with Gasteiger partial charge in [-0.05, 0) is 50.9 Å². The lowest BCUT2D eigenvalue weighted by atomic mass is 10.0. The van der Waals surface area contributed by atoms with Crippen LogP contribution >= 0.6 is 24.0 Å². The Balaban J connectivity index is 0.00000364. The molecule has 1 aromatic rings. The fraction of sp³-hybridized carbons (Fsp3) is 0.611. The lowest BCUT2D eigenvalue weighted by Crippen LogP contribution is -2.49. The summed E-state index contributed by atoms with van der Waals surface area (Å²) in [5.41, 5.74) is 6.65. The molecule has 1 aliphatic heterocycles. The molecule has 0 aliphatic carbocycles. The van der Waals surface area contributed by atoms with Gasteiger partial charge in [-0.1, -0.05) is 18.6 Å². The number of nitrogens with zero attached hydrogens (tertiary/aromatic N) is 2. The molecule has 1 aliphatic rings. The first-order chi connectivity index (χ1) is 12.2. The molecule has 2 atom stereocenters. The number of piperidine rings is 1. The summed E-state index contributed by atoms with van der Waals surface area (Å²) in [7, 11) is 0. The monoisotopic (exact) mass is 500 g/mol. The Hall–Kier alpha value is -1.23. The Morgan fingerprint density at radius 3 is 2.59 bits per heavy atom. The molecule has 154 valence electrons. The number of benzene rings is 1. The van der Waals surface area contributed by atoms with Crippen molar-refractivity contribution >= 4 is 29.9 Å². The van der Waals surface area contributed by atoms with Crippen molar-refractivity contribution in [1.82, 2.24) is 10.2 Å². The number of guanidine groups is 1. The van der Waals surface area contributed by atoms with Gasteiger partial charge in [0.1, 0.15) is 5.75 Å². The maximum atomic E-state index is 12.1. The van der Waals surface area contributed by atoms with Gasteiger partial charge in [-0.15, -0.1) is 37.1 Å². The van der Waals surface area contributed by atoms with Gasteiger partial charge in [-0.25, -0.2) is 4.99 Å². The Morgan fingerprint density at radius 2 is 2.00 bits per heavy atom. The third-order valence-electron chi connectivity index (χ3n) is 4.59. The largest absolute Gasteiger partial charge is 0.573 e. The highest BCUT2D eigenvalue weighted by atomic mass is 127. The predicted octanol–water partition coefficient (Wildman–Crippen LogP) is 3.87. The maximum absolute atomic E-state index is 12.1. The van der Waals surface area contributed by atoms with Gasteiger partial charge in [0.15, 0.2) is 5.96 Å². The van der Waals surface area contributed by atoms with Gasteiger partial charge >= 0.3 is 6.36 Å². The molecule has 2 rings (SSSR count). The summed E-state index contributed by atoms with van der Waals surface area (Å²) in [6.45, 7) is 6.52. The second kappa shape index (κ2) is 10.9. The van der Waals surface area contributed by atoms with E-state index < -0.39 is 6.36 Å². The van der Waals surface area contributed by atoms with Crippen LogP contribution in [0.15, 0.2) is 29.3 Å². The lowest BCUT2D eigenvalue weighted by Gasteiger charge is -2.38. The van der Waals surface area contributed by atoms with Crippen LogP contribution in [0.1, 0.15) is 38.7 Å². The van der Waals surface area contributed by atoms with E-state index in [9.17, 15) is 13.2 Å². The van der Waals surface area contributed by atoms with Crippen LogP contribution in [-0.4, -0.2) is 42.4 Å². The fourth-order valence-electron chi connectivity index (χ4n) is 3.17. The molecule has 1 heterocycles. The summed E-state index contributed by atoms with van der Waals surface area (Å²) in [5.74, 6) is 0.0814. The van der Waals surface area contributed by atoms with Gasteiger partial charge in [0.25, 0.3) is 0 Å². The van der Waals surface area contributed by atoms with Crippen molar-refractivity contribution in [1.29, 1.82) is 0 Å². The summed E-state index contributed by atoms with van der Waals surface area (Å²) >= 11 is 0. The van der Waals surface area contributed by atoms with Crippen LogP contribution < -0.4 is 15.8 Å². The molecule has 0 saturated carbocycles. The van der Waals surface area contributed by atoms with Crippen LogP contribution in [0.3, 0.4) is 0 Å². The Bertz CT molecular complexity index is 595. The molecule has 9 heteroatoms. The second-order valence-corrected chi connectivity index (χ2v) is 6.71. The number of halogens is 4. The van der Waals surface area contributed by atoms with Gasteiger partial charge < -0.3 is 15.8 Å². The van der Waals surface area contributed by atoms with Crippen LogP contribution in [-0.2, 0) is 6.54 Å². The van der Waals surface area contributed by atoms with Crippen molar-refractivity contribution < 1.29 is 17.9 Å². The molecule has 0 amide bonds. The van der Waals surface area contributed by atoms with Gasteiger partial charge in [0.05, 0.1) is 6.54 Å². The van der Waals surface area contributed by atoms with E-state index in [0.29, 0.717) is 31.1 Å². The molecular formula is C18H28F3IN4O. The minimum atomic E-state index is -4.68. The molecule has 1 saturated heterocycles. The summed E-state index contributed by atoms with van der Waals surface area (Å²) in [5, 5.41) is 3.13. The first-order valence-electron chi connectivity index (χ1n) is 8.89. The number of aliphatic imine (C=N–C) groups is 1. The van der Waals surface area contributed by atoms with Crippen molar-refractivity contribution in [2.24, 2.45) is 10.7 Å². The zero-order valence-corrected chi connectivity index (χ0v) is 18.0. The van der Waals surface area contributed by atoms with Crippen LogP contribution in [0.25, 0.3) is 0 Å². The molecule has 5 nitrogen and oxygen atoms in total. The van der Waals surface area contributed by atoms with Crippen LogP contribution in [0.5, 0.6) is 5.75 Å². The summed E-state index contributed by atoms with van der Waals surface area (Å²) in [6, 6.07) is 6.55. The number of alkyl halides is 3. The molecule has 27 heavy (non-hydrogen) atoms. The molecule has 1 fully saturated rings. The van der Waals surface area contributed by atoms with Gasteiger partial charge in [-0.2, -0.15) is 0 Å². The predicted molar refractivity (Wildman–Crippen MR) is 111 cm³/mol. The fourth-order valence-corrected chi connectivity index (χ4v) is 3.17. The van der Waals surface area contributed by atoms with Crippen molar-refractivity contribution in [3.8, 4) is 5.75 Å². The highest BCUT2D eigenvalue weighted by molar-refractivity contribution is 14.0. The normalized spacial score (nSPS) is 19.9.